The molecule has 182 valence electrons. The molecule has 0 saturated heterocycles. The van der Waals surface area contributed by atoms with Gasteiger partial charge in [-0.2, -0.15) is 0 Å². The molecule has 0 aliphatic carbocycles. The molecule has 0 saturated carbocycles. The van der Waals surface area contributed by atoms with Gasteiger partial charge in [0.15, 0.2) is 10.9 Å². The predicted octanol–water partition coefficient (Wildman–Crippen LogP) is 4.82. The molecule has 0 radical (unpaired) electrons. The maximum absolute atomic E-state index is 13.2. The Kier molecular flexibility index (Phi) is 7.83. The fourth-order valence-electron chi connectivity index (χ4n) is 4.16. The van der Waals surface area contributed by atoms with Gasteiger partial charge in [0.1, 0.15) is 5.82 Å². The maximum atomic E-state index is 13.2. The Balaban J connectivity index is 1.52. The number of hydrogen-bond donors (Lipinski definition) is 0. The average Bonchev–Trinajstić information content (AvgIpc) is 3.15. The summed E-state index contributed by atoms with van der Waals surface area (Å²) in [5.41, 5.74) is 4.08. The summed E-state index contributed by atoms with van der Waals surface area (Å²) in [5.74, 6) is -0.0992. The lowest BCUT2D eigenvalue weighted by atomic mass is 10.1. The number of ether oxygens (including phenoxy) is 1. The Morgan fingerprint density at radius 3 is 2.54 bits per heavy atom. The van der Waals surface area contributed by atoms with Gasteiger partial charge in [0, 0.05) is 30.6 Å². The Hall–Kier alpha value is -3.23. The highest BCUT2D eigenvalue weighted by atomic mass is 32.2. The van der Waals surface area contributed by atoms with Crippen LogP contribution in [0, 0.1) is 19.7 Å². The topological polar surface area (TPSA) is 66.1 Å². The lowest BCUT2D eigenvalue weighted by Crippen LogP contribution is -2.25. The molecule has 0 amide bonds. The number of aryl methyl sites for hydroxylation is 2. The van der Waals surface area contributed by atoms with Crippen LogP contribution in [0.25, 0.3) is 10.9 Å². The average molecular weight is 494 g/mol. The zero-order chi connectivity index (χ0) is 24.9. The lowest BCUT2D eigenvalue weighted by Gasteiger charge is -2.13. The molecule has 4 rings (SSSR count). The smallest absolute Gasteiger partial charge is 0.262 e. The van der Waals surface area contributed by atoms with Crippen molar-refractivity contribution >= 4 is 28.4 Å². The van der Waals surface area contributed by atoms with Crippen LogP contribution in [-0.4, -0.2) is 39.4 Å². The number of fused-ring (bicyclic) bond motifs is 1. The molecule has 8 heteroatoms. The monoisotopic (exact) mass is 493 g/mol. The molecule has 2 aromatic carbocycles. The van der Waals surface area contributed by atoms with E-state index in [0.29, 0.717) is 41.3 Å². The molecule has 2 aromatic heterocycles. The van der Waals surface area contributed by atoms with Crippen LogP contribution in [0.3, 0.4) is 0 Å². The van der Waals surface area contributed by atoms with Gasteiger partial charge < -0.3 is 9.30 Å². The number of ketones is 1. The minimum Gasteiger partial charge on any atom is -0.383 e. The minimum atomic E-state index is -0.249. The first kappa shape index (κ1) is 24.9. The highest BCUT2D eigenvalue weighted by Crippen LogP contribution is 2.22. The van der Waals surface area contributed by atoms with Crippen molar-refractivity contribution < 1.29 is 13.9 Å². The normalized spacial score (nSPS) is 11.3. The zero-order valence-electron chi connectivity index (χ0n) is 20.1. The molecular weight excluding hydrogens is 465 g/mol. The quantitative estimate of drug-likeness (QED) is 0.180. The van der Waals surface area contributed by atoms with Gasteiger partial charge in [0.2, 0.25) is 0 Å². The van der Waals surface area contributed by atoms with Crippen LogP contribution in [0.2, 0.25) is 0 Å². The fourth-order valence-corrected chi connectivity index (χ4v) is 5.07. The predicted molar refractivity (Wildman–Crippen MR) is 137 cm³/mol. The summed E-state index contributed by atoms with van der Waals surface area (Å²) < 4.78 is 22.0. The van der Waals surface area contributed by atoms with E-state index in [1.54, 1.807) is 35.9 Å². The van der Waals surface area contributed by atoms with Gasteiger partial charge in [-0.1, -0.05) is 36.0 Å². The highest BCUT2D eigenvalue weighted by molar-refractivity contribution is 7.99. The molecule has 0 unspecified atom stereocenters. The first-order valence-electron chi connectivity index (χ1n) is 11.4. The van der Waals surface area contributed by atoms with E-state index in [0.717, 1.165) is 23.4 Å². The number of halogens is 1. The van der Waals surface area contributed by atoms with E-state index in [9.17, 15) is 14.0 Å². The van der Waals surface area contributed by atoms with Crippen molar-refractivity contribution in [2.75, 3.05) is 19.5 Å². The number of carbonyl (C=O) groups is 1. The summed E-state index contributed by atoms with van der Waals surface area (Å²) in [6, 6.07) is 15.6. The van der Waals surface area contributed by atoms with E-state index < -0.39 is 0 Å². The van der Waals surface area contributed by atoms with Gasteiger partial charge in [0.25, 0.3) is 5.56 Å². The van der Waals surface area contributed by atoms with E-state index in [1.165, 1.54) is 23.9 Å². The first-order chi connectivity index (χ1) is 16.9. The van der Waals surface area contributed by atoms with Gasteiger partial charge in [-0.05, 0) is 56.2 Å². The molecule has 0 bridgehead atoms. The molecule has 0 fully saturated rings. The summed E-state index contributed by atoms with van der Waals surface area (Å²) in [6.45, 7) is 5.36. The zero-order valence-corrected chi connectivity index (χ0v) is 20.9. The SMILES string of the molecule is COCCn1c(SCC(=O)c2cc(C)n(CCc3ccc(F)cc3)c2C)nc2ccccc2c1=O. The lowest BCUT2D eigenvalue weighted by molar-refractivity contribution is 0.102. The van der Waals surface area contributed by atoms with Crippen LogP contribution in [0.15, 0.2) is 64.5 Å². The van der Waals surface area contributed by atoms with Crippen LogP contribution < -0.4 is 5.56 Å². The number of hydrogen-bond acceptors (Lipinski definition) is 5. The van der Waals surface area contributed by atoms with Crippen LogP contribution >= 0.6 is 11.8 Å². The van der Waals surface area contributed by atoms with E-state index in [1.807, 2.05) is 32.0 Å². The summed E-state index contributed by atoms with van der Waals surface area (Å²) in [5, 5.41) is 1.05. The van der Waals surface area contributed by atoms with Crippen molar-refractivity contribution in [2.45, 2.75) is 38.5 Å². The van der Waals surface area contributed by atoms with Crippen LogP contribution in [0.5, 0.6) is 0 Å². The molecule has 35 heavy (non-hydrogen) atoms. The number of aromatic nitrogens is 3. The van der Waals surface area contributed by atoms with Crippen LogP contribution in [0.4, 0.5) is 4.39 Å². The third kappa shape index (κ3) is 5.55. The van der Waals surface area contributed by atoms with Crippen molar-refractivity contribution in [1.82, 2.24) is 14.1 Å². The Morgan fingerprint density at radius 1 is 1.06 bits per heavy atom. The summed E-state index contributed by atoms with van der Waals surface area (Å²) in [6.07, 6.45) is 0.742. The first-order valence-corrected chi connectivity index (χ1v) is 12.4. The molecule has 4 aromatic rings. The second-order valence-electron chi connectivity index (χ2n) is 8.39. The number of benzene rings is 2. The van der Waals surface area contributed by atoms with Crippen LogP contribution in [-0.2, 0) is 24.2 Å². The van der Waals surface area contributed by atoms with E-state index in [-0.39, 0.29) is 22.9 Å². The molecule has 2 heterocycles. The number of nitrogens with zero attached hydrogens (tertiary/aromatic N) is 3. The maximum Gasteiger partial charge on any atom is 0.262 e. The summed E-state index contributed by atoms with van der Waals surface area (Å²) in [4.78, 5) is 30.9. The minimum absolute atomic E-state index is 0.0168. The van der Waals surface area contributed by atoms with Gasteiger partial charge in [0.05, 0.1) is 29.8 Å². The van der Waals surface area contributed by atoms with Gasteiger partial charge >= 0.3 is 0 Å². The molecule has 0 spiro atoms. The Morgan fingerprint density at radius 2 is 1.80 bits per heavy atom. The Labute approximate surface area is 207 Å². The van der Waals surface area contributed by atoms with Gasteiger partial charge in [-0.3, -0.25) is 14.2 Å². The number of thioether (sulfide) groups is 1. The largest absolute Gasteiger partial charge is 0.383 e. The van der Waals surface area contributed by atoms with Crippen molar-refractivity contribution in [3.05, 3.63) is 93.3 Å². The summed E-state index contributed by atoms with van der Waals surface area (Å²) in [7, 11) is 1.59. The Bertz CT molecular complexity index is 1410. The molecule has 0 aliphatic heterocycles. The number of methoxy groups -OCH3 is 1. The molecule has 0 aliphatic rings. The number of rotatable bonds is 10. The van der Waals surface area contributed by atoms with Crippen molar-refractivity contribution in [3.8, 4) is 0 Å². The molecular formula is C27H28FN3O3S. The molecule has 6 nitrogen and oxygen atoms in total. The summed E-state index contributed by atoms with van der Waals surface area (Å²) >= 11 is 1.27. The third-order valence-electron chi connectivity index (χ3n) is 6.09. The number of Topliss-reactive ketones (excluding diaryl/α,β-unsaturated/α-hetero) is 1. The third-order valence-corrected chi connectivity index (χ3v) is 7.07. The van der Waals surface area contributed by atoms with E-state index >= 15 is 0 Å². The number of para-hydroxylation sites is 1. The van der Waals surface area contributed by atoms with Crippen molar-refractivity contribution in [3.63, 3.8) is 0 Å². The fraction of sp³-hybridized carbons (Fsp3) is 0.296. The van der Waals surface area contributed by atoms with Crippen molar-refractivity contribution in [1.29, 1.82) is 0 Å². The van der Waals surface area contributed by atoms with E-state index in [4.69, 9.17) is 4.74 Å². The van der Waals surface area contributed by atoms with Crippen LogP contribution in [0.1, 0.15) is 27.3 Å². The van der Waals surface area contributed by atoms with Crippen molar-refractivity contribution in [2.24, 2.45) is 0 Å². The van der Waals surface area contributed by atoms with E-state index in [2.05, 4.69) is 9.55 Å². The second kappa shape index (κ2) is 11.0. The van der Waals surface area contributed by atoms with Gasteiger partial charge in [-0.15, -0.1) is 0 Å². The second-order valence-corrected chi connectivity index (χ2v) is 9.33. The highest BCUT2D eigenvalue weighted by Gasteiger charge is 2.18. The van der Waals surface area contributed by atoms with Gasteiger partial charge in [-0.25, -0.2) is 9.37 Å². The molecule has 0 N–H and O–H groups in total. The standard InChI is InChI=1S/C27H28FN3O3S/c1-18-16-23(19(2)30(18)13-12-20-8-10-21(28)11-9-20)25(32)17-35-27-29-24-7-5-4-6-22(24)26(33)31(27)14-15-34-3/h4-11,16H,12-15,17H2,1-3H3. The molecule has 0 atom stereocenters. The number of carbonyl (C=O) groups excluding carboxylic acids is 1.